The number of carbonyl (C=O) groups is 1. The van der Waals surface area contributed by atoms with Crippen LogP contribution in [-0.2, 0) is 4.79 Å². The quantitative estimate of drug-likeness (QED) is 0.653. The van der Waals surface area contributed by atoms with E-state index in [0.717, 1.165) is 12.8 Å². The van der Waals surface area contributed by atoms with E-state index in [1.807, 2.05) is 6.92 Å². The summed E-state index contributed by atoms with van der Waals surface area (Å²) in [6.07, 6.45) is 2.37. The van der Waals surface area contributed by atoms with Crippen LogP contribution in [-0.4, -0.2) is 23.2 Å². The minimum absolute atomic E-state index is 0.0955. The number of carbonyl (C=O) groups excluding carboxylic acids is 1. The van der Waals surface area contributed by atoms with Gasteiger partial charge in [0.15, 0.2) is 0 Å². The highest BCUT2D eigenvalue weighted by Gasteiger charge is 2.30. The van der Waals surface area contributed by atoms with E-state index in [2.05, 4.69) is 5.32 Å². The third kappa shape index (κ3) is 3.22. The van der Waals surface area contributed by atoms with Crippen molar-refractivity contribution in [3.8, 4) is 0 Å². The van der Waals surface area contributed by atoms with Crippen molar-refractivity contribution in [2.45, 2.75) is 45.3 Å². The van der Waals surface area contributed by atoms with Gasteiger partial charge in [-0.3, -0.25) is 4.79 Å². The fraction of sp³-hybridized carbons (Fsp3) is 0.889. The first-order chi connectivity index (χ1) is 5.59. The maximum atomic E-state index is 11.2. The van der Waals surface area contributed by atoms with Crippen LogP contribution < -0.4 is 5.32 Å². The van der Waals surface area contributed by atoms with E-state index in [4.69, 9.17) is 5.11 Å². The zero-order chi connectivity index (χ0) is 9.14. The first-order valence-electron chi connectivity index (χ1n) is 4.58. The molecular formula is C9H17NO2. The lowest BCUT2D eigenvalue weighted by atomic mass is 10.1. The highest BCUT2D eigenvalue weighted by Crippen LogP contribution is 2.28. The van der Waals surface area contributed by atoms with E-state index < -0.39 is 0 Å². The summed E-state index contributed by atoms with van der Waals surface area (Å²) in [7, 11) is 0. The van der Waals surface area contributed by atoms with E-state index >= 15 is 0 Å². The predicted molar refractivity (Wildman–Crippen MR) is 46.6 cm³/mol. The molecule has 2 N–H and O–H groups in total. The first kappa shape index (κ1) is 9.52. The van der Waals surface area contributed by atoms with Gasteiger partial charge in [-0.15, -0.1) is 0 Å². The Morgan fingerprint density at radius 2 is 2.17 bits per heavy atom. The molecule has 3 heteroatoms. The van der Waals surface area contributed by atoms with E-state index in [-0.39, 0.29) is 24.0 Å². The van der Waals surface area contributed by atoms with Crippen LogP contribution in [0.2, 0.25) is 0 Å². The van der Waals surface area contributed by atoms with Gasteiger partial charge in [0.2, 0.25) is 5.91 Å². The molecule has 0 aliphatic heterocycles. The van der Waals surface area contributed by atoms with Gasteiger partial charge in [-0.25, -0.2) is 0 Å². The molecule has 1 fully saturated rings. The molecule has 0 saturated heterocycles. The van der Waals surface area contributed by atoms with Crippen molar-refractivity contribution in [3.63, 3.8) is 0 Å². The van der Waals surface area contributed by atoms with Crippen LogP contribution in [0.4, 0.5) is 0 Å². The van der Waals surface area contributed by atoms with Gasteiger partial charge in [0, 0.05) is 12.0 Å². The molecule has 2 atom stereocenters. The van der Waals surface area contributed by atoms with E-state index in [1.165, 1.54) is 0 Å². The summed E-state index contributed by atoms with van der Waals surface area (Å²) in [5, 5.41) is 11.9. The van der Waals surface area contributed by atoms with Crippen molar-refractivity contribution >= 4 is 5.91 Å². The van der Waals surface area contributed by atoms with Gasteiger partial charge < -0.3 is 10.4 Å². The second-order valence-corrected chi connectivity index (χ2v) is 3.77. The van der Waals surface area contributed by atoms with Gasteiger partial charge in [-0.2, -0.15) is 0 Å². The van der Waals surface area contributed by atoms with Crippen molar-refractivity contribution in [2.75, 3.05) is 0 Å². The van der Waals surface area contributed by atoms with Gasteiger partial charge in [-0.1, -0.05) is 0 Å². The number of rotatable bonds is 4. The lowest BCUT2D eigenvalue weighted by Gasteiger charge is -2.14. The average molecular weight is 171 g/mol. The monoisotopic (exact) mass is 171 g/mol. The minimum atomic E-state index is -0.334. The molecule has 0 radical (unpaired) electrons. The van der Waals surface area contributed by atoms with Gasteiger partial charge in [0.05, 0.1) is 6.10 Å². The summed E-state index contributed by atoms with van der Waals surface area (Å²) in [6, 6.07) is 0.0955. The maximum Gasteiger partial charge on any atom is 0.223 e. The van der Waals surface area contributed by atoms with Crippen LogP contribution in [0, 0.1) is 5.92 Å². The van der Waals surface area contributed by atoms with Crippen molar-refractivity contribution in [2.24, 2.45) is 5.92 Å². The third-order valence-corrected chi connectivity index (χ3v) is 2.03. The molecule has 1 aliphatic rings. The Kier molecular flexibility index (Phi) is 3.09. The molecular weight excluding hydrogens is 154 g/mol. The van der Waals surface area contributed by atoms with Crippen LogP contribution in [0.5, 0.6) is 0 Å². The number of hydrogen-bond donors (Lipinski definition) is 2. The highest BCUT2D eigenvalue weighted by atomic mass is 16.3. The van der Waals surface area contributed by atoms with Gasteiger partial charge in [0.1, 0.15) is 0 Å². The fourth-order valence-corrected chi connectivity index (χ4v) is 1.28. The zero-order valence-electron chi connectivity index (χ0n) is 7.71. The van der Waals surface area contributed by atoms with Crippen molar-refractivity contribution in [1.29, 1.82) is 0 Å². The summed E-state index contributed by atoms with van der Waals surface area (Å²) < 4.78 is 0. The molecule has 0 aromatic carbocycles. The topological polar surface area (TPSA) is 49.3 Å². The second-order valence-electron chi connectivity index (χ2n) is 3.77. The fourth-order valence-electron chi connectivity index (χ4n) is 1.28. The molecule has 2 unspecified atom stereocenters. The first-order valence-corrected chi connectivity index (χ1v) is 4.58. The molecule has 0 bridgehead atoms. The Bertz CT molecular complexity index is 164. The highest BCUT2D eigenvalue weighted by molar-refractivity contribution is 5.81. The Morgan fingerprint density at radius 1 is 1.58 bits per heavy atom. The Hall–Kier alpha value is -0.570. The van der Waals surface area contributed by atoms with Crippen molar-refractivity contribution in [3.05, 3.63) is 0 Å². The number of aliphatic hydroxyl groups is 1. The molecule has 1 rings (SSSR count). The largest absolute Gasteiger partial charge is 0.393 e. The number of aliphatic hydroxyl groups excluding tert-OH is 1. The molecule has 1 saturated carbocycles. The average Bonchev–Trinajstić information content (AvgIpc) is 2.63. The normalized spacial score (nSPS) is 21.6. The second kappa shape index (κ2) is 3.90. The lowest BCUT2D eigenvalue weighted by Crippen LogP contribution is -2.35. The molecule has 3 nitrogen and oxygen atoms in total. The molecule has 0 aromatic heterocycles. The van der Waals surface area contributed by atoms with Crippen LogP contribution in [0.3, 0.4) is 0 Å². The third-order valence-electron chi connectivity index (χ3n) is 2.03. The van der Waals surface area contributed by atoms with Gasteiger partial charge in [-0.05, 0) is 33.1 Å². The summed E-state index contributed by atoms with van der Waals surface area (Å²) >= 11 is 0. The standard InChI is InChI=1S/C9H17NO2/c1-6(5-7(2)11)10-9(12)8-3-4-8/h6-8,11H,3-5H2,1-2H3,(H,10,12). The summed E-state index contributed by atoms with van der Waals surface area (Å²) in [6.45, 7) is 3.66. The molecule has 12 heavy (non-hydrogen) atoms. The van der Waals surface area contributed by atoms with Crippen molar-refractivity contribution < 1.29 is 9.90 Å². The predicted octanol–water partition coefficient (Wildman–Crippen LogP) is 0.672. The molecule has 1 aliphatic carbocycles. The lowest BCUT2D eigenvalue weighted by molar-refractivity contribution is -0.123. The number of amides is 1. The van der Waals surface area contributed by atoms with E-state index in [9.17, 15) is 4.79 Å². The van der Waals surface area contributed by atoms with Crippen LogP contribution in [0.25, 0.3) is 0 Å². The van der Waals surface area contributed by atoms with Crippen LogP contribution in [0.1, 0.15) is 33.1 Å². The van der Waals surface area contributed by atoms with Gasteiger partial charge in [0.25, 0.3) is 0 Å². The zero-order valence-corrected chi connectivity index (χ0v) is 7.71. The smallest absolute Gasteiger partial charge is 0.223 e. The van der Waals surface area contributed by atoms with Crippen molar-refractivity contribution in [1.82, 2.24) is 5.32 Å². The maximum absolute atomic E-state index is 11.2. The molecule has 0 aromatic rings. The number of hydrogen-bond acceptors (Lipinski definition) is 2. The molecule has 1 amide bonds. The van der Waals surface area contributed by atoms with E-state index in [1.54, 1.807) is 6.92 Å². The van der Waals surface area contributed by atoms with Crippen LogP contribution in [0.15, 0.2) is 0 Å². The SMILES string of the molecule is CC(O)CC(C)NC(=O)C1CC1. The molecule has 0 spiro atoms. The Labute approximate surface area is 73.2 Å². The number of nitrogens with one attached hydrogen (secondary N) is 1. The summed E-state index contributed by atoms with van der Waals surface area (Å²) in [5.41, 5.74) is 0. The molecule has 70 valence electrons. The minimum Gasteiger partial charge on any atom is -0.393 e. The van der Waals surface area contributed by atoms with Crippen LogP contribution >= 0.6 is 0 Å². The summed E-state index contributed by atoms with van der Waals surface area (Å²) in [4.78, 5) is 11.2. The Morgan fingerprint density at radius 3 is 2.58 bits per heavy atom. The molecule has 0 heterocycles. The van der Waals surface area contributed by atoms with E-state index in [0.29, 0.717) is 6.42 Å². The van der Waals surface area contributed by atoms with Gasteiger partial charge >= 0.3 is 0 Å². The summed E-state index contributed by atoms with van der Waals surface area (Å²) in [5.74, 6) is 0.421. The Balaban J connectivity index is 2.15.